The zero-order chi connectivity index (χ0) is 14.0. The van der Waals surface area contributed by atoms with E-state index < -0.39 is 0 Å². The highest BCUT2D eigenvalue weighted by Crippen LogP contribution is 2.38. The van der Waals surface area contributed by atoms with Crippen molar-refractivity contribution in [2.24, 2.45) is 0 Å². The maximum atomic E-state index is 11.3. The van der Waals surface area contributed by atoms with Crippen molar-refractivity contribution in [2.75, 3.05) is 0 Å². The number of nitrogens with one attached hydrogen (secondary N) is 2. The quantitative estimate of drug-likeness (QED) is 0.827. The van der Waals surface area contributed by atoms with Crippen molar-refractivity contribution in [2.45, 2.75) is 60.5 Å². The first kappa shape index (κ1) is 13.7. The average Bonchev–Trinajstić information content (AvgIpc) is 3.23. The van der Waals surface area contributed by atoms with Gasteiger partial charge in [-0.1, -0.05) is 11.8 Å². The lowest BCUT2D eigenvalue weighted by atomic mass is 9.82. The summed E-state index contributed by atoms with van der Waals surface area (Å²) in [5.41, 5.74) is -0.507. The van der Waals surface area contributed by atoms with Crippen LogP contribution in [0.1, 0.15) is 38.5 Å². The van der Waals surface area contributed by atoms with Crippen LogP contribution in [0.25, 0.3) is 0 Å². The largest absolute Gasteiger partial charge is 0.301 e. The Morgan fingerprint density at radius 1 is 1.50 bits per heavy atom. The van der Waals surface area contributed by atoms with E-state index in [9.17, 15) is 10.1 Å². The Balaban J connectivity index is 1.68. The Morgan fingerprint density at radius 3 is 3.05 bits per heavy atom. The fourth-order valence-corrected chi connectivity index (χ4v) is 4.03. The molecule has 0 radical (unpaired) electrons. The van der Waals surface area contributed by atoms with Crippen LogP contribution in [-0.2, 0) is 0 Å². The molecule has 0 bridgehead atoms. The lowest BCUT2D eigenvalue weighted by Gasteiger charge is -2.36. The SMILES string of the molecule is N#CC1(NC2CC2)CCCC(Sc2nccc(=O)[nH]2)C1. The number of thioether (sulfide) groups is 1. The molecule has 0 amide bonds. The van der Waals surface area contributed by atoms with E-state index in [4.69, 9.17) is 0 Å². The molecule has 2 saturated carbocycles. The minimum atomic E-state index is -0.383. The summed E-state index contributed by atoms with van der Waals surface area (Å²) in [5, 5.41) is 14.1. The molecule has 2 N–H and O–H groups in total. The zero-order valence-electron chi connectivity index (χ0n) is 11.3. The first-order chi connectivity index (χ1) is 9.69. The van der Waals surface area contributed by atoms with Gasteiger partial charge in [-0.2, -0.15) is 5.26 Å². The maximum absolute atomic E-state index is 11.3. The molecular weight excluding hydrogens is 272 g/mol. The molecule has 5 nitrogen and oxygen atoms in total. The van der Waals surface area contributed by atoms with Crippen molar-refractivity contribution in [1.82, 2.24) is 15.3 Å². The van der Waals surface area contributed by atoms with E-state index >= 15 is 0 Å². The molecule has 2 atom stereocenters. The second kappa shape index (κ2) is 5.58. The van der Waals surface area contributed by atoms with Gasteiger partial charge in [0, 0.05) is 23.6 Å². The highest BCUT2D eigenvalue weighted by molar-refractivity contribution is 7.99. The Hall–Kier alpha value is -1.32. The van der Waals surface area contributed by atoms with Crippen LogP contribution >= 0.6 is 11.8 Å². The van der Waals surface area contributed by atoms with E-state index in [1.54, 1.807) is 11.8 Å². The number of hydrogen-bond acceptors (Lipinski definition) is 5. The number of hydrogen-bond donors (Lipinski definition) is 2. The molecule has 2 aliphatic carbocycles. The minimum Gasteiger partial charge on any atom is -0.301 e. The summed E-state index contributed by atoms with van der Waals surface area (Å²) in [6, 6.07) is 4.45. The third kappa shape index (κ3) is 3.22. The summed E-state index contributed by atoms with van der Waals surface area (Å²) in [7, 11) is 0. The van der Waals surface area contributed by atoms with Crippen LogP contribution in [0.15, 0.2) is 22.2 Å². The fraction of sp³-hybridized carbons (Fsp3) is 0.643. The van der Waals surface area contributed by atoms with Gasteiger partial charge in [0.2, 0.25) is 0 Å². The van der Waals surface area contributed by atoms with Crippen LogP contribution in [0, 0.1) is 11.3 Å². The molecule has 1 heterocycles. The predicted octanol–water partition coefficient (Wildman–Crippen LogP) is 1.82. The molecule has 2 fully saturated rings. The Morgan fingerprint density at radius 2 is 2.35 bits per heavy atom. The van der Waals surface area contributed by atoms with Gasteiger partial charge in [-0.3, -0.25) is 10.1 Å². The number of aromatic amines is 1. The highest BCUT2D eigenvalue weighted by Gasteiger charge is 2.40. The molecule has 1 aromatic heterocycles. The minimum absolute atomic E-state index is 0.124. The Labute approximate surface area is 122 Å². The van der Waals surface area contributed by atoms with E-state index in [0.29, 0.717) is 16.4 Å². The maximum Gasteiger partial charge on any atom is 0.251 e. The summed E-state index contributed by atoms with van der Waals surface area (Å²) < 4.78 is 0. The lowest BCUT2D eigenvalue weighted by molar-refractivity contribution is 0.301. The van der Waals surface area contributed by atoms with Crippen molar-refractivity contribution in [3.8, 4) is 6.07 Å². The third-order valence-electron chi connectivity index (χ3n) is 3.90. The molecule has 20 heavy (non-hydrogen) atoms. The molecule has 2 aliphatic rings. The Kier molecular flexibility index (Phi) is 3.81. The molecule has 0 aliphatic heterocycles. The first-order valence-electron chi connectivity index (χ1n) is 7.10. The van der Waals surface area contributed by atoms with Crippen molar-refractivity contribution < 1.29 is 0 Å². The average molecular weight is 290 g/mol. The van der Waals surface area contributed by atoms with Crippen LogP contribution in [0.3, 0.4) is 0 Å². The van der Waals surface area contributed by atoms with Crippen LogP contribution in [-0.4, -0.2) is 26.8 Å². The summed E-state index contributed by atoms with van der Waals surface area (Å²) in [5.74, 6) is 0. The molecule has 106 valence electrons. The molecule has 0 aromatic carbocycles. The Bertz CT molecular complexity index is 577. The van der Waals surface area contributed by atoms with Crippen LogP contribution in [0.5, 0.6) is 0 Å². The van der Waals surface area contributed by atoms with Crippen molar-refractivity contribution >= 4 is 11.8 Å². The number of aromatic nitrogens is 2. The highest BCUT2D eigenvalue weighted by atomic mass is 32.2. The molecule has 0 spiro atoms. The van der Waals surface area contributed by atoms with Crippen LogP contribution in [0.4, 0.5) is 0 Å². The number of rotatable bonds is 4. The second-order valence-electron chi connectivity index (χ2n) is 5.69. The van der Waals surface area contributed by atoms with E-state index in [1.165, 1.54) is 25.1 Å². The number of H-pyrrole nitrogens is 1. The molecule has 6 heteroatoms. The summed E-state index contributed by atoms with van der Waals surface area (Å²) in [6.45, 7) is 0. The van der Waals surface area contributed by atoms with E-state index in [2.05, 4.69) is 21.4 Å². The van der Waals surface area contributed by atoms with Crippen molar-refractivity contribution in [3.63, 3.8) is 0 Å². The molecule has 0 saturated heterocycles. The van der Waals surface area contributed by atoms with Gasteiger partial charge in [-0.05, 0) is 38.5 Å². The van der Waals surface area contributed by atoms with Gasteiger partial charge in [0.15, 0.2) is 5.16 Å². The zero-order valence-corrected chi connectivity index (χ0v) is 12.1. The molecule has 2 unspecified atom stereocenters. The van der Waals surface area contributed by atoms with Gasteiger partial charge in [0.05, 0.1) is 6.07 Å². The van der Waals surface area contributed by atoms with Gasteiger partial charge in [0.25, 0.3) is 5.56 Å². The standard InChI is InChI=1S/C14H18N4OS/c15-9-14(18-10-3-4-10)6-1-2-11(8-14)20-13-16-7-5-12(19)17-13/h5,7,10-11,18H,1-4,6,8H2,(H,16,17,19). The summed E-state index contributed by atoms with van der Waals surface area (Å²) >= 11 is 1.59. The molecular formula is C14H18N4OS. The topological polar surface area (TPSA) is 81.6 Å². The lowest BCUT2D eigenvalue weighted by Crippen LogP contribution is -2.49. The smallest absolute Gasteiger partial charge is 0.251 e. The third-order valence-corrected chi connectivity index (χ3v) is 5.07. The van der Waals surface area contributed by atoms with E-state index in [0.717, 1.165) is 25.7 Å². The van der Waals surface area contributed by atoms with Gasteiger partial charge < -0.3 is 4.98 Å². The van der Waals surface area contributed by atoms with Gasteiger partial charge in [-0.15, -0.1) is 0 Å². The predicted molar refractivity (Wildman–Crippen MR) is 77.5 cm³/mol. The summed E-state index contributed by atoms with van der Waals surface area (Å²) in [6.07, 6.45) is 7.77. The normalized spacial score (nSPS) is 29.9. The second-order valence-corrected chi connectivity index (χ2v) is 6.98. The fourth-order valence-electron chi connectivity index (χ4n) is 2.78. The van der Waals surface area contributed by atoms with Crippen LogP contribution < -0.4 is 10.9 Å². The molecule has 1 aromatic rings. The van der Waals surface area contributed by atoms with E-state index in [-0.39, 0.29) is 11.1 Å². The molecule has 3 rings (SSSR count). The van der Waals surface area contributed by atoms with Crippen molar-refractivity contribution in [3.05, 3.63) is 22.6 Å². The summed E-state index contributed by atoms with van der Waals surface area (Å²) in [4.78, 5) is 18.2. The van der Waals surface area contributed by atoms with Crippen LogP contribution in [0.2, 0.25) is 0 Å². The van der Waals surface area contributed by atoms with Gasteiger partial charge in [-0.25, -0.2) is 4.98 Å². The van der Waals surface area contributed by atoms with Gasteiger partial charge in [0.1, 0.15) is 5.54 Å². The number of nitrogens with zero attached hydrogens (tertiary/aromatic N) is 2. The first-order valence-corrected chi connectivity index (χ1v) is 7.98. The monoisotopic (exact) mass is 290 g/mol. The van der Waals surface area contributed by atoms with Crippen molar-refractivity contribution in [1.29, 1.82) is 5.26 Å². The van der Waals surface area contributed by atoms with Gasteiger partial charge >= 0.3 is 0 Å². The van der Waals surface area contributed by atoms with E-state index in [1.807, 2.05) is 0 Å². The number of nitriles is 1.